The lowest BCUT2D eigenvalue weighted by molar-refractivity contribution is -0.117. The number of aromatic amines is 1. The fourth-order valence-corrected chi connectivity index (χ4v) is 2.49. The number of rotatable bonds is 5. The topological polar surface area (TPSA) is 32.9 Å². The second kappa shape index (κ2) is 5.17. The molecule has 17 heavy (non-hydrogen) atoms. The van der Waals surface area contributed by atoms with Gasteiger partial charge in [-0.1, -0.05) is 31.5 Å². The highest BCUT2D eigenvalue weighted by Crippen LogP contribution is 2.31. The molecule has 0 saturated heterocycles. The minimum Gasteiger partial charge on any atom is -0.361 e. The fraction of sp³-hybridized carbons (Fsp3) is 0.400. The van der Waals surface area contributed by atoms with Gasteiger partial charge in [0.25, 0.3) is 0 Å². The second-order valence-electron chi connectivity index (χ2n) is 4.68. The van der Waals surface area contributed by atoms with Gasteiger partial charge in [-0.25, -0.2) is 0 Å². The molecule has 2 aromatic rings. The van der Waals surface area contributed by atoms with E-state index in [1.807, 2.05) is 6.07 Å². The average Bonchev–Trinajstić information content (AvgIpc) is 2.71. The summed E-state index contributed by atoms with van der Waals surface area (Å²) in [6.07, 6.45) is 4.89. The van der Waals surface area contributed by atoms with E-state index < -0.39 is 0 Å². The lowest BCUT2D eigenvalue weighted by Gasteiger charge is -2.13. The molecule has 0 amide bonds. The molecule has 90 valence electrons. The molecule has 0 unspecified atom stereocenters. The highest BCUT2D eigenvalue weighted by Gasteiger charge is 2.16. The summed E-state index contributed by atoms with van der Waals surface area (Å²) in [5.41, 5.74) is 2.45. The van der Waals surface area contributed by atoms with Gasteiger partial charge in [-0.3, -0.25) is 0 Å². The molecule has 2 nitrogen and oxygen atoms in total. The number of Topliss-reactive ketones (excluding diaryl/α,β-unsaturated/α-hetero) is 1. The first-order valence-corrected chi connectivity index (χ1v) is 6.27. The summed E-state index contributed by atoms with van der Waals surface area (Å²) in [5, 5.41) is 1.26. The number of aromatic nitrogens is 1. The van der Waals surface area contributed by atoms with E-state index in [0.717, 1.165) is 18.4 Å². The van der Waals surface area contributed by atoms with Crippen LogP contribution in [0.1, 0.15) is 44.6 Å². The summed E-state index contributed by atoms with van der Waals surface area (Å²) >= 11 is 0. The number of hydrogen-bond donors (Lipinski definition) is 1. The Kier molecular flexibility index (Phi) is 3.62. The van der Waals surface area contributed by atoms with E-state index >= 15 is 0 Å². The third-order valence-electron chi connectivity index (χ3n) is 3.23. The SMILES string of the molecule is CCC[C@H](CC(C)=O)c1c[nH]c2ccccc12. The second-order valence-corrected chi connectivity index (χ2v) is 4.68. The molecule has 1 aromatic carbocycles. The predicted octanol–water partition coefficient (Wildman–Crippen LogP) is 4.03. The summed E-state index contributed by atoms with van der Waals surface area (Å²) in [4.78, 5) is 14.6. The van der Waals surface area contributed by atoms with Crippen LogP contribution in [-0.2, 0) is 4.79 Å². The molecular weight excluding hydrogens is 210 g/mol. The summed E-state index contributed by atoms with van der Waals surface area (Å²) in [7, 11) is 0. The standard InChI is InChI=1S/C15H19NO/c1-3-6-12(9-11(2)17)14-10-16-15-8-5-4-7-13(14)15/h4-5,7-8,10,12,16H,3,6,9H2,1-2H3/t12-/m1/s1. The van der Waals surface area contributed by atoms with Crippen molar-refractivity contribution in [2.45, 2.75) is 39.0 Å². The normalized spacial score (nSPS) is 12.8. The van der Waals surface area contributed by atoms with Crippen molar-refractivity contribution in [1.82, 2.24) is 4.98 Å². The Morgan fingerprint density at radius 2 is 2.12 bits per heavy atom. The molecule has 0 aliphatic rings. The Morgan fingerprint density at radius 3 is 2.82 bits per heavy atom. The molecule has 1 atom stereocenters. The summed E-state index contributed by atoms with van der Waals surface area (Å²) in [5.74, 6) is 0.627. The van der Waals surface area contributed by atoms with Crippen molar-refractivity contribution in [3.63, 3.8) is 0 Å². The van der Waals surface area contributed by atoms with Gasteiger partial charge in [-0.05, 0) is 30.9 Å². The van der Waals surface area contributed by atoms with E-state index in [-0.39, 0.29) is 5.78 Å². The van der Waals surface area contributed by atoms with E-state index in [9.17, 15) is 4.79 Å². The lowest BCUT2D eigenvalue weighted by atomic mass is 9.90. The van der Waals surface area contributed by atoms with E-state index in [2.05, 4.69) is 36.3 Å². The lowest BCUT2D eigenvalue weighted by Crippen LogP contribution is -2.03. The number of para-hydroxylation sites is 1. The predicted molar refractivity (Wildman–Crippen MR) is 71.2 cm³/mol. The molecule has 1 heterocycles. The summed E-state index contributed by atoms with van der Waals surface area (Å²) in [6, 6.07) is 8.29. The zero-order valence-corrected chi connectivity index (χ0v) is 10.5. The molecule has 1 aromatic heterocycles. The highest BCUT2D eigenvalue weighted by atomic mass is 16.1. The van der Waals surface area contributed by atoms with Crippen molar-refractivity contribution >= 4 is 16.7 Å². The van der Waals surface area contributed by atoms with Crippen molar-refractivity contribution in [3.05, 3.63) is 36.0 Å². The van der Waals surface area contributed by atoms with Gasteiger partial charge < -0.3 is 9.78 Å². The smallest absolute Gasteiger partial charge is 0.130 e. The van der Waals surface area contributed by atoms with Gasteiger partial charge in [0.05, 0.1) is 0 Å². The first kappa shape index (κ1) is 11.9. The Balaban J connectivity index is 2.37. The summed E-state index contributed by atoms with van der Waals surface area (Å²) in [6.45, 7) is 3.85. The number of carbonyl (C=O) groups excluding carboxylic acids is 1. The van der Waals surface area contributed by atoms with Gasteiger partial charge in [0.1, 0.15) is 5.78 Å². The van der Waals surface area contributed by atoms with Gasteiger partial charge >= 0.3 is 0 Å². The van der Waals surface area contributed by atoms with Gasteiger partial charge in [0.2, 0.25) is 0 Å². The van der Waals surface area contributed by atoms with Crippen LogP contribution in [0.2, 0.25) is 0 Å². The maximum atomic E-state index is 11.4. The number of ketones is 1. The van der Waals surface area contributed by atoms with Crippen molar-refractivity contribution in [2.75, 3.05) is 0 Å². The number of hydrogen-bond acceptors (Lipinski definition) is 1. The molecule has 0 aliphatic heterocycles. The van der Waals surface area contributed by atoms with Crippen LogP contribution in [-0.4, -0.2) is 10.8 Å². The molecule has 0 bridgehead atoms. The third kappa shape index (κ3) is 2.57. The number of H-pyrrole nitrogens is 1. The van der Waals surface area contributed by atoms with E-state index in [0.29, 0.717) is 12.3 Å². The largest absolute Gasteiger partial charge is 0.361 e. The van der Waals surface area contributed by atoms with Crippen LogP contribution < -0.4 is 0 Å². The zero-order chi connectivity index (χ0) is 12.3. The first-order valence-electron chi connectivity index (χ1n) is 6.27. The number of nitrogens with one attached hydrogen (secondary N) is 1. The van der Waals surface area contributed by atoms with Gasteiger partial charge in [-0.2, -0.15) is 0 Å². The van der Waals surface area contributed by atoms with E-state index in [1.165, 1.54) is 10.9 Å². The van der Waals surface area contributed by atoms with Crippen LogP contribution >= 0.6 is 0 Å². The van der Waals surface area contributed by atoms with Crippen molar-refractivity contribution in [1.29, 1.82) is 0 Å². The molecule has 0 saturated carbocycles. The molecule has 2 rings (SSSR count). The molecule has 0 radical (unpaired) electrons. The number of carbonyl (C=O) groups is 1. The van der Waals surface area contributed by atoms with E-state index in [1.54, 1.807) is 6.92 Å². The molecule has 2 heteroatoms. The van der Waals surface area contributed by atoms with Gasteiger partial charge in [0, 0.05) is 23.5 Å². The Morgan fingerprint density at radius 1 is 1.35 bits per heavy atom. The van der Waals surface area contributed by atoms with Gasteiger partial charge in [0.15, 0.2) is 0 Å². The van der Waals surface area contributed by atoms with Crippen LogP contribution in [0.25, 0.3) is 10.9 Å². The molecule has 1 N–H and O–H groups in total. The third-order valence-corrected chi connectivity index (χ3v) is 3.23. The average molecular weight is 229 g/mol. The minimum absolute atomic E-state index is 0.272. The molecule has 0 fully saturated rings. The maximum Gasteiger partial charge on any atom is 0.130 e. The first-order chi connectivity index (χ1) is 8.22. The minimum atomic E-state index is 0.272. The number of benzene rings is 1. The van der Waals surface area contributed by atoms with Crippen LogP contribution in [0.4, 0.5) is 0 Å². The van der Waals surface area contributed by atoms with E-state index in [4.69, 9.17) is 0 Å². The fourth-order valence-electron chi connectivity index (χ4n) is 2.49. The highest BCUT2D eigenvalue weighted by molar-refractivity contribution is 5.85. The van der Waals surface area contributed by atoms with Crippen molar-refractivity contribution in [2.24, 2.45) is 0 Å². The summed E-state index contributed by atoms with van der Waals surface area (Å²) < 4.78 is 0. The van der Waals surface area contributed by atoms with Crippen LogP contribution in [0, 0.1) is 0 Å². The maximum absolute atomic E-state index is 11.4. The van der Waals surface area contributed by atoms with Crippen LogP contribution in [0.3, 0.4) is 0 Å². The molecule has 0 spiro atoms. The van der Waals surface area contributed by atoms with Crippen LogP contribution in [0.15, 0.2) is 30.5 Å². The number of fused-ring (bicyclic) bond motifs is 1. The Labute approximate surface area is 102 Å². The Hall–Kier alpha value is -1.57. The molecular formula is C15H19NO. The quantitative estimate of drug-likeness (QED) is 0.825. The van der Waals surface area contributed by atoms with Gasteiger partial charge in [-0.15, -0.1) is 0 Å². The van der Waals surface area contributed by atoms with Crippen molar-refractivity contribution in [3.8, 4) is 0 Å². The van der Waals surface area contributed by atoms with Crippen LogP contribution in [0.5, 0.6) is 0 Å². The van der Waals surface area contributed by atoms with Crippen molar-refractivity contribution < 1.29 is 4.79 Å². The Bertz CT molecular complexity index is 512. The monoisotopic (exact) mass is 229 g/mol. The molecule has 0 aliphatic carbocycles. The zero-order valence-electron chi connectivity index (χ0n) is 10.5.